The lowest BCUT2D eigenvalue weighted by Crippen LogP contribution is -2.22. The van der Waals surface area contributed by atoms with Gasteiger partial charge in [-0.15, -0.1) is 0 Å². The van der Waals surface area contributed by atoms with Crippen molar-refractivity contribution in [2.24, 2.45) is 0 Å². The van der Waals surface area contributed by atoms with Crippen molar-refractivity contribution in [2.45, 2.75) is 0 Å². The quantitative estimate of drug-likeness (QED) is 0.758. The fourth-order valence-electron chi connectivity index (χ4n) is 1.36. The molecule has 0 atom stereocenters. The van der Waals surface area contributed by atoms with Crippen LogP contribution < -0.4 is 5.56 Å². The van der Waals surface area contributed by atoms with E-state index in [2.05, 4.69) is 11.6 Å². The first-order valence-corrected chi connectivity index (χ1v) is 4.50. The number of para-hydroxylation sites is 1. The molecular weight excluding hydrogens is 208 g/mol. The molecule has 0 saturated heterocycles. The maximum atomic E-state index is 11.9. The third kappa shape index (κ3) is 1.48. The highest BCUT2D eigenvalue weighted by atomic mass is 16.4. The van der Waals surface area contributed by atoms with Crippen LogP contribution in [0.2, 0.25) is 0 Å². The Morgan fingerprint density at radius 1 is 1.38 bits per heavy atom. The van der Waals surface area contributed by atoms with Gasteiger partial charge in [0.1, 0.15) is 12.0 Å². The highest BCUT2D eigenvalue weighted by Gasteiger charge is 2.10. The van der Waals surface area contributed by atoms with E-state index in [-0.39, 0.29) is 5.70 Å². The van der Waals surface area contributed by atoms with E-state index in [1.165, 1.54) is 6.33 Å². The highest BCUT2D eigenvalue weighted by molar-refractivity contribution is 6.07. The van der Waals surface area contributed by atoms with Crippen molar-refractivity contribution in [3.63, 3.8) is 0 Å². The van der Waals surface area contributed by atoms with Gasteiger partial charge in [-0.1, -0.05) is 18.7 Å². The molecule has 0 fully saturated rings. The van der Waals surface area contributed by atoms with Crippen molar-refractivity contribution in [2.75, 3.05) is 0 Å². The summed E-state index contributed by atoms with van der Waals surface area (Å²) in [5.41, 5.74) is -0.219. The highest BCUT2D eigenvalue weighted by Crippen LogP contribution is 2.06. The van der Waals surface area contributed by atoms with E-state index in [1.807, 2.05) is 0 Å². The second kappa shape index (κ2) is 3.62. The Kier molecular flexibility index (Phi) is 2.28. The van der Waals surface area contributed by atoms with Gasteiger partial charge in [0.25, 0.3) is 5.56 Å². The summed E-state index contributed by atoms with van der Waals surface area (Å²) in [6, 6.07) is 6.73. The molecule has 1 aromatic carbocycles. The summed E-state index contributed by atoms with van der Waals surface area (Å²) in [6.45, 7) is 3.32. The molecule has 1 heterocycles. The van der Waals surface area contributed by atoms with Crippen LogP contribution in [0.3, 0.4) is 0 Å². The van der Waals surface area contributed by atoms with Crippen LogP contribution in [0, 0.1) is 0 Å². The van der Waals surface area contributed by atoms with Gasteiger partial charge in [-0.25, -0.2) is 9.78 Å². The third-order valence-corrected chi connectivity index (χ3v) is 2.20. The zero-order chi connectivity index (χ0) is 11.7. The number of aliphatic carboxylic acids is 1. The number of benzene rings is 1. The summed E-state index contributed by atoms with van der Waals surface area (Å²) in [7, 11) is 0. The van der Waals surface area contributed by atoms with Crippen LogP contribution in [-0.4, -0.2) is 20.6 Å². The SMILES string of the molecule is C=C(C(=O)O)n1cnc2ccccc2c1=O. The fourth-order valence-corrected chi connectivity index (χ4v) is 1.36. The lowest BCUT2D eigenvalue weighted by atomic mass is 10.2. The zero-order valence-corrected chi connectivity index (χ0v) is 8.25. The van der Waals surface area contributed by atoms with Crippen LogP contribution >= 0.6 is 0 Å². The normalized spacial score (nSPS) is 10.2. The molecule has 2 rings (SSSR count). The molecule has 2 aromatic rings. The predicted molar refractivity (Wildman–Crippen MR) is 59.0 cm³/mol. The van der Waals surface area contributed by atoms with Gasteiger partial charge in [-0.2, -0.15) is 0 Å². The number of hydrogen-bond donors (Lipinski definition) is 1. The van der Waals surface area contributed by atoms with Crippen molar-refractivity contribution in [1.82, 2.24) is 9.55 Å². The lowest BCUT2D eigenvalue weighted by Gasteiger charge is -2.04. The van der Waals surface area contributed by atoms with Crippen molar-refractivity contribution in [3.8, 4) is 0 Å². The molecule has 0 spiro atoms. The van der Waals surface area contributed by atoms with Crippen molar-refractivity contribution in [3.05, 3.63) is 47.5 Å². The van der Waals surface area contributed by atoms with E-state index >= 15 is 0 Å². The molecule has 0 aliphatic rings. The van der Waals surface area contributed by atoms with Crippen molar-refractivity contribution in [1.29, 1.82) is 0 Å². The minimum atomic E-state index is -1.25. The Morgan fingerprint density at radius 2 is 2.06 bits per heavy atom. The summed E-state index contributed by atoms with van der Waals surface area (Å²) < 4.78 is 0.921. The summed E-state index contributed by atoms with van der Waals surface area (Å²) in [6.07, 6.45) is 1.17. The first-order valence-electron chi connectivity index (χ1n) is 4.50. The molecule has 0 saturated carbocycles. The number of nitrogens with zero attached hydrogens (tertiary/aromatic N) is 2. The van der Waals surface area contributed by atoms with E-state index in [1.54, 1.807) is 24.3 Å². The van der Waals surface area contributed by atoms with Crippen LogP contribution in [0.15, 0.2) is 42.0 Å². The third-order valence-electron chi connectivity index (χ3n) is 2.20. The van der Waals surface area contributed by atoms with Gasteiger partial charge >= 0.3 is 5.97 Å². The Bertz CT molecular complexity index is 643. The Balaban J connectivity index is 2.75. The topological polar surface area (TPSA) is 72.2 Å². The van der Waals surface area contributed by atoms with E-state index in [0.29, 0.717) is 10.9 Å². The molecule has 0 radical (unpaired) electrons. The lowest BCUT2D eigenvalue weighted by molar-refractivity contribution is -0.130. The molecule has 80 valence electrons. The number of hydrogen-bond acceptors (Lipinski definition) is 3. The molecule has 0 unspecified atom stereocenters. The molecule has 5 heteroatoms. The van der Waals surface area contributed by atoms with Gasteiger partial charge in [-0.05, 0) is 12.1 Å². The Hall–Kier alpha value is -2.43. The second-order valence-electron chi connectivity index (χ2n) is 3.19. The van der Waals surface area contributed by atoms with Crippen LogP contribution in [0.5, 0.6) is 0 Å². The maximum Gasteiger partial charge on any atom is 0.352 e. The van der Waals surface area contributed by atoms with Crippen LogP contribution in [-0.2, 0) is 4.79 Å². The fraction of sp³-hybridized carbons (Fsp3) is 0. The molecule has 16 heavy (non-hydrogen) atoms. The van der Waals surface area contributed by atoms with Gasteiger partial charge in [0.05, 0.1) is 10.9 Å². The van der Waals surface area contributed by atoms with Crippen molar-refractivity contribution < 1.29 is 9.90 Å². The standard InChI is InChI=1S/C11H8N2O3/c1-7(11(15)16)13-6-12-9-5-3-2-4-8(9)10(13)14/h2-6H,1H2,(H,15,16). The summed E-state index contributed by atoms with van der Waals surface area (Å²) in [5, 5.41) is 9.11. The van der Waals surface area contributed by atoms with Crippen LogP contribution in [0.1, 0.15) is 0 Å². The summed E-state index contributed by atoms with van der Waals surface area (Å²) in [4.78, 5) is 26.6. The average Bonchev–Trinajstić information content (AvgIpc) is 2.29. The number of rotatable bonds is 2. The molecular formula is C11H8N2O3. The van der Waals surface area contributed by atoms with E-state index in [4.69, 9.17) is 5.11 Å². The summed E-state index contributed by atoms with van der Waals surface area (Å²) in [5.74, 6) is -1.25. The van der Waals surface area contributed by atoms with E-state index in [0.717, 1.165) is 4.57 Å². The monoisotopic (exact) mass is 216 g/mol. The number of fused-ring (bicyclic) bond motifs is 1. The minimum absolute atomic E-state index is 0.316. The van der Waals surface area contributed by atoms with Crippen LogP contribution in [0.25, 0.3) is 16.6 Å². The van der Waals surface area contributed by atoms with Gasteiger partial charge < -0.3 is 5.11 Å². The smallest absolute Gasteiger partial charge is 0.352 e. The predicted octanol–water partition coefficient (Wildman–Crippen LogP) is 0.952. The minimum Gasteiger partial charge on any atom is -0.477 e. The van der Waals surface area contributed by atoms with E-state index in [9.17, 15) is 9.59 Å². The Morgan fingerprint density at radius 3 is 2.75 bits per heavy atom. The summed E-state index contributed by atoms with van der Waals surface area (Å²) >= 11 is 0. The zero-order valence-electron chi connectivity index (χ0n) is 8.25. The molecule has 1 N–H and O–H groups in total. The largest absolute Gasteiger partial charge is 0.477 e. The molecule has 0 aliphatic heterocycles. The van der Waals surface area contributed by atoms with Gasteiger partial charge in [0.2, 0.25) is 0 Å². The maximum absolute atomic E-state index is 11.9. The van der Waals surface area contributed by atoms with Crippen molar-refractivity contribution >= 4 is 22.6 Å². The average molecular weight is 216 g/mol. The number of aromatic nitrogens is 2. The van der Waals surface area contributed by atoms with Gasteiger partial charge in [0.15, 0.2) is 0 Å². The first-order chi connectivity index (χ1) is 7.61. The van der Waals surface area contributed by atoms with Crippen LogP contribution in [0.4, 0.5) is 0 Å². The van der Waals surface area contributed by atoms with Gasteiger partial charge in [-0.3, -0.25) is 9.36 Å². The molecule has 0 bridgehead atoms. The first kappa shape index (κ1) is 10.1. The molecule has 5 nitrogen and oxygen atoms in total. The Labute approximate surface area is 90.3 Å². The second-order valence-corrected chi connectivity index (χ2v) is 3.19. The molecule has 0 amide bonds. The number of carbonyl (C=O) groups is 1. The van der Waals surface area contributed by atoms with Gasteiger partial charge in [0, 0.05) is 0 Å². The number of carboxylic acid groups (broad SMARTS) is 1. The molecule has 0 aliphatic carbocycles. The number of carboxylic acids is 1. The molecule has 1 aromatic heterocycles. The van der Waals surface area contributed by atoms with E-state index < -0.39 is 11.5 Å².